The molecule has 0 radical (unpaired) electrons. The monoisotopic (exact) mass is 400 g/mol. The molecule has 2 amide bonds. The number of amides is 2. The molecule has 3 fully saturated rings. The normalized spacial score (nSPS) is 23.2. The van der Waals surface area contributed by atoms with Crippen molar-refractivity contribution in [2.24, 2.45) is 5.92 Å². The van der Waals surface area contributed by atoms with Gasteiger partial charge in [0.2, 0.25) is 11.8 Å². The summed E-state index contributed by atoms with van der Waals surface area (Å²) >= 11 is 0. The Morgan fingerprint density at radius 2 is 1.69 bits per heavy atom. The first-order valence-corrected chi connectivity index (χ1v) is 10.9. The highest BCUT2D eigenvalue weighted by molar-refractivity contribution is 5.92. The predicted octanol–water partition coefficient (Wildman–Crippen LogP) is 1.80. The van der Waals surface area contributed by atoms with Gasteiger partial charge in [-0.15, -0.1) is 0 Å². The van der Waals surface area contributed by atoms with Gasteiger partial charge in [-0.05, 0) is 56.5 Å². The summed E-state index contributed by atoms with van der Waals surface area (Å²) < 4.78 is 5.34. The van der Waals surface area contributed by atoms with Crippen molar-refractivity contribution in [1.29, 1.82) is 0 Å². The van der Waals surface area contributed by atoms with E-state index in [1.165, 1.54) is 18.5 Å². The lowest BCUT2D eigenvalue weighted by atomic mass is 9.96. The Hall–Kier alpha value is -2.12. The minimum absolute atomic E-state index is 0.00519. The summed E-state index contributed by atoms with van der Waals surface area (Å²) in [6.07, 6.45) is 4.37. The Kier molecular flexibility index (Phi) is 6.67. The van der Waals surface area contributed by atoms with Gasteiger partial charge in [-0.2, -0.15) is 0 Å². The summed E-state index contributed by atoms with van der Waals surface area (Å²) in [7, 11) is 0. The number of benzene rings is 1. The van der Waals surface area contributed by atoms with E-state index < -0.39 is 0 Å². The summed E-state index contributed by atoms with van der Waals surface area (Å²) in [5, 5.41) is 3.00. The van der Waals surface area contributed by atoms with E-state index in [1.807, 2.05) is 17.0 Å². The molecule has 0 aromatic heterocycles. The van der Waals surface area contributed by atoms with Crippen LogP contribution < -0.4 is 10.2 Å². The number of morpholine rings is 1. The molecule has 29 heavy (non-hydrogen) atoms. The molecule has 7 nitrogen and oxygen atoms in total. The summed E-state index contributed by atoms with van der Waals surface area (Å²) in [6, 6.07) is 8.12. The lowest BCUT2D eigenvalue weighted by Crippen LogP contribution is -2.49. The second-order valence-corrected chi connectivity index (χ2v) is 8.30. The molecule has 158 valence electrons. The third kappa shape index (κ3) is 5.28. The van der Waals surface area contributed by atoms with E-state index in [0.29, 0.717) is 39.4 Å². The number of ether oxygens (including phenoxy) is 1. The highest BCUT2D eigenvalue weighted by Gasteiger charge is 2.30. The lowest BCUT2D eigenvalue weighted by Gasteiger charge is -2.35. The first-order valence-electron chi connectivity index (χ1n) is 10.9. The highest BCUT2D eigenvalue weighted by atomic mass is 16.5. The molecule has 1 aromatic rings. The third-order valence-electron chi connectivity index (χ3n) is 6.17. The van der Waals surface area contributed by atoms with Crippen molar-refractivity contribution in [3.8, 4) is 0 Å². The molecule has 4 rings (SSSR count). The average molecular weight is 401 g/mol. The number of carbonyl (C=O) groups excluding carboxylic acids is 2. The molecular formula is C22H32N4O3. The molecule has 3 saturated heterocycles. The standard InChI is InChI=1S/C22H32N4O3/c27-21(23-19-5-7-20(8-6-19)25-10-1-2-11-25)17-24-9-3-4-18(16-24)22(28)26-12-14-29-15-13-26/h5-8,18H,1-4,9-17H2,(H,23,27). The van der Waals surface area contributed by atoms with Gasteiger partial charge in [-0.3, -0.25) is 14.5 Å². The molecule has 1 N–H and O–H groups in total. The first kappa shape index (κ1) is 20.2. The van der Waals surface area contributed by atoms with Crippen LogP contribution in [0.15, 0.2) is 24.3 Å². The fourth-order valence-corrected chi connectivity index (χ4v) is 4.58. The van der Waals surface area contributed by atoms with E-state index in [9.17, 15) is 9.59 Å². The van der Waals surface area contributed by atoms with Gasteiger partial charge in [0.15, 0.2) is 0 Å². The maximum absolute atomic E-state index is 12.8. The minimum Gasteiger partial charge on any atom is -0.378 e. The molecule has 3 aliphatic heterocycles. The maximum Gasteiger partial charge on any atom is 0.238 e. The quantitative estimate of drug-likeness (QED) is 0.817. The smallest absolute Gasteiger partial charge is 0.238 e. The van der Waals surface area contributed by atoms with Crippen LogP contribution in [-0.4, -0.2) is 80.6 Å². The summed E-state index contributed by atoms with van der Waals surface area (Å²) in [5.74, 6) is 0.198. The van der Waals surface area contributed by atoms with Crippen LogP contribution in [-0.2, 0) is 14.3 Å². The third-order valence-corrected chi connectivity index (χ3v) is 6.17. The van der Waals surface area contributed by atoms with Crippen molar-refractivity contribution in [3.63, 3.8) is 0 Å². The van der Waals surface area contributed by atoms with Crippen molar-refractivity contribution < 1.29 is 14.3 Å². The van der Waals surface area contributed by atoms with Crippen molar-refractivity contribution in [2.75, 3.05) is 69.2 Å². The molecule has 3 heterocycles. The molecule has 1 aromatic carbocycles. The Morgan fingerprint density at radius 3 is 2.41 bits per heavy atom. The molecule has 0 bridgehead atoms. The number of hydrogen-bond donors (Lipinski definition) is 1. The van der Waals surface area contributed by atoms with Crippen molar-refractivity contribution in [1.82, 2.24) is 9.80 Å². The highest BCUT2D eigenvalue weighted by Crippen LogP contribution is 2.23. The molecular weight excluding hydrogens is 368 g/mol. The van der Waals surface area contributed by atoms with Crippen LogP contribution in [0.5, 0.6) is 0 Å². The summed E-state index contributed by atoms with van der Waals surface area (Å²) in [6.45, 7) is 6.72. The number of likely N-dealkylation sites (tertiary alicyclic amines) is 1. The summed E-state index contributed by atoms with van der Waals surface area (Å²) in [5.41, 5.74) is 2.05. The topological polar surface area (TPSA) is 65.1 Å². The van der Waals surface area contributed by atoms with Crippen LogP contribution in [0.3, 0.4) is 0 Å². The minimum atomic E-state index is -0.0154. The largest absolute Gasteiger partial charge is 0.378 e. The van der Waals surface area contributed by atoms with Gasteiger partial charge in [0, 0.05) is 44.1 Å². The molecule has 0 saturated carbocycles. The van der Waals surface area contributed by atoms with Crippen LogP contribution in [0.2, 0.25) is 0 Å². The van der Waals surface area contributed by atoms with Crippen LogP contribution in [0.25, 0.3) is 0 Å². The fourth-order valence-electron chi connectivity index (χ4n) is 4.58. The van der Waals surface area contributed by atoms with Crippen LogP contribution in [0, 0.1) is 5.92 Å². The van der Waals surface area contributed by atoms with E-state index in [1.54, 1.807) is 0 Å². The fraction of sp³-hybridized carbons (Fsp3) is 0.636. The molecule has 0 spiro atoms. The molecule has 1 atom stereocenters. The second kappa shape index (κ2) is 9.59. The SMILES string of the molecule is O=C(CN1CCCC(C(=O)N2CCOCC2)C1)Nc1ccc(N2CCCC2)cc1. The number of rotatable bonds is 5. The predicted molar refractivity (Wildman–Crippen MR) is 113 cm³/mol. The van der Waals surface area contributed by atoms with Crippen LogP contribution in [0.1, 0.15) is 25.7 Å². The summed E-state index contributed by atoms with van der Waals surface area (Å²) in [4.78, 5) is 31.7. The Labute approximate surface area is 173 Å². The average Bonchev–Trinajstić information content (AvgIpc) is 3.29. The number of nitrogens with one attached hydrogen (secondary N) is 1. The zero-order chi connectivity index (χ0) is 20.1. The van der Waals surface area contributed by atoms with Gasteiger partial charge in [0.05, 0.1) is 25.7 Å². The van der Waals surface area contributed by atoms with E-state index in [4.69, 9.17) is 4.74 Å². The number of hydrogen-bond acceptors (Lipinski definition) is 5. The van der Waals surface area contributed by atoms with Gasteiger partial charge in [-0.1, -0.05) is 0 Å². The van der Waals surface area contributed by atoms with Gasteiger partial charge >= 0.3 is 0 Å². The van der Waals surface area contributed by atoms with E-state index in [-0.39, 0.29) is 17.7 Å². The Balaban J connectivity index is 1.26. The molecule has 7 heteroatoms. The number of piperidine rings is 1. The molecule has 0 aliphatic carbocycles. The van der Waals surface area contributed by atoms with Crippen LogP contribution in [0.4, 0.5) is 11.4 Å². The van der Waals surface area contributed by atoms with E-state index in [2.05, 4.69) is 27.2 Å². The van der Waals surface area contributed by atoms with Gasteiger partial charge in [0.25, 0.3) is 0 Å². The number of carbonyl (C=O) groups is 2. The maximum atomic E-state index is 12.8. The van der Waals surface area contributed by atoms with E-state index >= 15 is 0 Å². The Bertz CT molecular complexity index is 697. The van der Waals surface area contributed by atoms with Crippen molar-refractivity contribution in [2.45, 2.75) is 25.7 Å². The molecule has 1 unspecified atom stereocenters. The zero-order valence-electron chi connectivity index (χ0n) is 17.1. The van der Waals surface area contributed by atoms with E-state index in [0.717, 1.165) is 38.2 Å². The molecule has 3 aliphatic rings. The number of nitrogens with zero attached hydrogens (tertiary/aromatic N) is 3. The lowest BCUT2D eigenvalue weighted by molar-refractivity contribution is -0.141. The number of anilines is 2. The van der Waals surface area contributed by atoms with Gasteiger partial charge in [-0.25, -0.2) is 0 Å². The van der Waals surface area contributed by atoms with Crippen molar-refractivity contribution in [3.05, 3.63) is 24.3 Å². The van der Waals surface area contributed by atoms with Gasteiger partial charge in [0.1, 0.15) is 0 Å². The Morgan fingerprint density at radius 1 is 0.966 bits per heavy atom. The zero-order valence-corrected chi connectivity index (χ0v) is 17.1. The van der Waals surface area contributed by atoms with Gasteiger partial charge < -0.3 is 19.9 Å². The van der Waals surface area contributed by atoms with Crippen molar-refractivity contribution >= 4 is 23.2 Å². The second-order valence-electron chi connectivity index (χ2n) is 8.30. The van der Waals surface area contributed by atoms with Crippen LogP contribution >= 0.6 is 0 Å². The first-order chi connectivity index (χ1) is 14.2.